The van der Waals surface area contributed by atoms with Crippen molar-refractivity contribution in [1.82, 2.24) is 20.1 Å². The molecule has 1 fully saturated rings. The number of hydrogen-bond donors (Lipinski definition) is 2. The molecule has 0 spiro atoms. The van der Waals surface area contributed by atoms with Crippen LogP contribution in [0.2, 0.25) is 0 Å². The molecule has 1 unspecified atom stereocenters. The number of carbonyl (C=O) groups excluding carboxylic acids is 2. The van der Waals surface area contributed by atoms with Gasteiger partial charge >= 0.3 is 0 Å². The molecule has 1 saturated heterocycles. The normalized spacial score (nSPS) is 16.9. The molecule has 156 valence electrons. The molecule has 2 amide bonds. The van der Waals surface area contributed by atoms with E-state index in [1.165, 1.54) is 12.1 Å². The van der Waals surface area contributed by atoms with Crippen LogP contribution in [0, 0.1) is 5.82 Å². The Morgan fingerprint density at radius 2 is 2.07 bits per heavy atom. The predicted octanol–water partition coefficient (Wildman–Crippen LogP) is 3.34. The van der Waals surface area contributed by atoms with E-state index >= 15 is 0 Å². The van der Waals surface area contributed by atoms with Gasteiger partial charge < -0.3 is 10.6 Å². The van der Waals surface area contributed by atoms with Gasteiger partial charge in [0, 0.05) is 30.1 Å². The molecule has 3 aromatic rings. The third-order valence-corrected chi connectivity index (χ3v) is 5.61. The highest BCUT2D eigenvalue weighted by Gasteiger charge is 2.30. The fourth-order valence-corrected chi connectivity index (χ4v) is 3.96. The fraction of sp³-hybridized carbons (Fsp3) is 0.364. The number of aromatic nitrogens is 3. The Hall–Kier alpha value is -3.29. The number of piperidine rings is 1. The molecule has 0 bridgehead atoms. The number of benzene rings is 1. The van der Waals surface area contributed by atoms with Crippen molar-refractivity contribution in [2.75, 3.05) is 13.1 Å². The minimum atomic E-state index is -0.610. The van der Waals surface area contributed by atoms with Crippen molar-refractivity contribution in [1.29, 1.82) is 0 Å². The van der Waals surface area contributed by atoms with E-state index in [2.05, 4.69) is 15.2 Å². The number of nitrogens with two attached hydrogens (primary N) is 1. The van der Waals surface area contributed by atoms with Gasteiger partial charge in [0.25, 0.3) is 11.8 Å². The second-order valence-corrected chi connectivity index (χ2v) is 8.08. The molecule has 7 nitrogen and oxygen atoms in total. The number of amides is 2. The van der Waals surface area contributed by atoms with Crippen molar-refractivity contribution in [2.45, 2.75) is 38.5 Å². The van der Waals surface area contributed by atoms with Crippen molar-refractivity contribution in [3.8, 4) is 0 Å². The number of hydrogen-bond acceptors (Lipinski definition) is 4. The first-order valence-electron chi connectivity index (χ1n) is 10.1. The van der Waals surface area contributed by atoms with Crippen LogP contribution in [0.25, 0.3) is 10.9 Å². The molecule has 1 aromatic carbocycles. The first-order valence-corrected chi connectivity index (χ1v) is 10.1. The molecule has 0 saturated carbocycles. The molecule has 4 rings (SSSR count). The van der Waals surface area contributed by atoms with E-state index in [0.29, 0.717) is 35.4 Å². The summed E-state index contributed by atoms with van der Waals surface area (Å²) in [6.45, 7) is 5.09. The molecular weight excluding hydrogens is 385 g/mol. The topological polar surface area (TPSA) is 105 Å². The Morgan fingerprint density at radius 1 is 1.27 bits per heavy atom. The summed E-state index contributed by atoms with van der Waals surface area (Å²) in [5, 5.41) is 7.60. The van der Waals surface area contributed by atoms with Crippen molar-refractivity contribution < 1.29 is 14.0 Å². The lowest BCUT2D eigenvalue weighted by molar-refractivity contribution is 0.0700. The Balaban J connectivity index is 1.64. The standard InChI is InChI=1S/C22H24FN5O2/c1-12(2)18-10-19(27-26-18)22(30)28-7-3-4-13(11-28)20-16(21(24)29)9-14-8-15(23)5-6-17(14)25-20/h5-6,8-10,12-13H,3-4,7,11H2,1-2H3,(H2,24,29)(H,26,27). The minimum Gasteiger partial charge on any atom is -0.366 e. The van der Waals surface area contributed by atoms with E-state index in [1.807, 2.05) is 13.8 Å². The van der Waals surface area contributed by atoms with Gasteiger partial charge in [-0.1, -0.05) is 13.8 Å². The van der Waals surface area contributed by atoms with E-state index in [1.54, 1.807) is 23.1 Å². The van der Waals surface area contributed by atoms with Crippen LogP contribution in [0.4, 0.5) is 4.39 Å². The maximum absolute atomic E-state index is 13.6. The van der Waals surface area contributed by atoms with Crippen LogP contribution < -0.4 is 5.73 Å². The summed E-state index contributed by atoms with van der Waals surface area (Å²) in [5.41, 5.74) is 8.32. The molecule has 0 radical (unpaired) electrons. The molecule has 30 heavy (non-hydrogen) atoms. The number of H-pyrrole nitrogens is 1. The molecule has 1 aliphatic rings. The number of aromatic amines is 1. The monoisotopic (exact) mass is 409 g/mol. The Morgan fingerprint density at radius 3 is 2.77 bits per heavy atom. The Labute approximate surface area is 173 Å². The SMILES string of the molecule is CC(C)c1cc(C(=O)N2CCCC(c3nc4ccc(F)cc4cc3C(N)=O)C2)n[nH]1. The first kappa shape index (κ1) is 20.0. The third kappa shape index (κ3) is 3.77. The van der Waals surface area contributed by atoms with Crippen LogP contribution in [0.15, 0.2) is 30.3 Å². The summed E-state index contributed by atoms with van der Waals surface area (Å²) in [7, 11) is 0. The second kappa shape index (κ2) is 7.85. The number of carbonyl (C=O) groups is 2. The van der Waals surface area contributed by atoms with Gasteiger partial charge in [0.15, 0.2) is 0 Å². The highest BCUT2D eigenvalue weighted by molar-refractivity contribution is 5.98. The maximum atomic E-state index is 13.6. The van der Waals surface area contributed by atoms with Crippen molar-refractivity contribution in [2.24, 2.45) is 5.73 Å². The highest BCUT2D eigenvalue weighted by Crippen LogP contribution is 2.31. The van der Waals surface area contributed by atoms with Crippen LogP contribution in [-0.4, -0.2) is 45.0 Å². The van der Waals surface area contributed by atoms with Crippen molar-refractivity contribution >= 4 is 22.7 Å². The van der Waals surface area contributed by atoms with E-state index in [4.69, 9.17) is 5.73 Å². The molecular formula is C22H24FN5O2. The molecule has 2 aromatic heterocycles. The summed E-state index contributed by atoms with van der Waals surface area (Å²) in [6.07, 6.45) is 1.56. The maximum Gasteiger partial charge on any atom is 0.274 e. The zero-order valence-electron chi connectivity index (χ0n) is 17.0. The summed E-state index contributed by atoms with van der Waals surface area (Å²) in [4.78, 5) is 31.4. The van der Waals surface area contributed by atoms with Gasteiger partial charge in [0.05, 0.1) is 16.8 Å². The highest BCUT2D eigenvalue weighted by atomic mass is 19.1. The van der Waals surface area contributed by atoms with Gasteiger partial charge in [-0.15, -0.1) is 0 Å². The average molecular weight is 409 g/mol. The third-order valence-electron chi connectivity index (χ3n) is 5.61. The van der Waals surface area contributed by atoms with Gasteiger partial charge in [-0.2, -0.15) is 5.10 Å². The second-order valence-electron chi connectivity index (χ2n) is 8.08. The van der Waals surface area contributed by atoms with Gasteiger partial charge in [-0.05, 0) is 49.1 Å². The number of nitrogens with zero attached hydrogens (tertiary/aromatic N) is 3. The van der Waals surface area contributed by atoms with Crippen LogP contribution in [0.5, 0.6) is 0 Å². The lowest BCUT2D eigenvalue weighted by Crippen LogP contribution is -2.40. The average Bonchev–Trinajstić information content (AvgIpc) is 3.23. The predicted molar refractivity (Wildman–Crippen MR) is 111 cm³/mol. The molecule has 1 atom stereocenters. The van der Waals surface area contributed by atoms with E-state index in [-0.39, 0.29) is 23.3 Å². The number of halogens is 1. The quantitative estimate of drug-likeness (QED) is 0.689. The van der Waals surface area contributed by atoms with Gasteiger partial charge in [-0.3, -0.25) is 19.7 Å². The lowest BCUT2D eigenvalue weighted by Gasteiger charge is -2.32. The number of pyridine rings is 1. The van der Waals surface area contributed by atoms with E-state index in [9.17, 15) is 14.0 Å². The number of primary amides is 1. The number of likely N-dealkylation sites (tertiary alicyclic amines) is 1. The Bertz CT molecular complexity index is 1120. The number of nitrogens with one attached hydrogen (secondary N) is 1. The molecule has 3 N–H and O–H groups in total. The number of rotatable bonds is 4. The zero-order valence-corrected chi connectivity index (χ0v) is 17.0. The minimum absolute atomic E-state index is 0.136. The van der Waals surface area contributed by atoms with Crippen LogP contribution in [0.3, 0.4) is 0 Å². The molecule has 3 heterocycles. The summed E-state index contributed by atoms with van der Waals surface area (Å²) < 4.78 is 13.6. The largest absolute Gasteiger partial charge is 0.366 e. The number of fused-ring (bicyclic) bond motifs is 1. The zero-order chi connectivity index (χ0) is 21.4. The van der Waals surface area contributed by atoms with Crippen LogP contribution in [0.1, 0.15) is 70.8 Å². The van der Waals surface area contributed by atoms with Crippen molar-refractivity contribution in [3.05, 3.63) is 58.8 Å². The van der Waals surface area contributed by atoms with E-state index in [0.717, 1.165) is 18.5 Å². The van der Waals surface area contributed by atoms with Gasteiger partial charge in [0.1, 0.15) is 11.5 Å². The Kier molecular flexibility index (Phi) is 5.24. The fourth-order valence-electron chi connectivity index (χ4n) is 3.96. The van der Waals surface area contributed by atoms with Gasteiger partial charge in [0.2, 0.25) is 0 Å². The lowest BCUT2D eigenvalue weighted by atomic mass is 9.90. The van der Waals surface area contributed by atoms with Crippen LogP contribution in [-0.2, 0) is 0 Å². The van der Waals surface area contributed by atoms with E-state index < -0.39 is 11.7 Å². The van der Waals surface area contributed by atoms with Crippen molar-refractivity contribution in [3.63, 3.8) is 0 Å². The molecule has 8 heteroatoms. The smallest absolute Gasteiger partial charge is 0.274 e. The summed E-state index contributed by atoms with van der Waals surface area (Å²) in [6, 6.07) is 7.63. The summed E-state index contributed by atoms with van der Waals surface area (Å²) in [5.74, 6) is -1.05. The summed E-state index contributed by atoms with van der Waals surface area (Å²) >= 11 is 0. The molecule has 1 aliphatic heterocycles. The van der Waals surface area contributed by atoms with Gasteiger partial charge in [-0.25, -0.2) is 4.39 Å². The van der Waals surface area contributed by atoms with Crippen LogP contribution >= 0.6 is 0 Å². The first-order chi connectivity index (χ1) is 14.3. The molecule has 0 aliphatic carbocycles.